The maximum atomic E-state index is 11.5. The standard InChI is InChI=1S/C13H18N4OS/c1-4-17-12(18)15-16-13(17)19-11-6-5-10(8-14-3)9(2)7-11/h5-7,14H,4,8H2,1-3H3,(H,15,18). The lowest BCUT2D eigenvalue weighted by Gasteiger charge is -2.08. The minimum atomic E-state index is -0.159. The molecular formula is C13H18N4OS. The van der Waals surface area contributed by atoms with Crippen molar-refractivity contribution in [2.24, 2.45) is 0 Å². The Balaban J connectivity index is 2.24. The Bertz CT molecular complexity index is 617. The van der Waals surface area contributed by atoms with E-state index in [1.54, 1.807) is 4.57 Å². The topological polar surface area (TPSA) is 62.7 Å². The largest absolute Gasteiger partial charge is 0.343 e. The van der Waals surface area contributed by atoms with Crippen LogP contribution in [0.15, 0.2) is 33.0 Å². The van der Waals surface area contributed by atoms with Gasteiger partial charge in [-0.15, -0.1) is 5.10 Å². The van der Waals surface area contributed by atoms with Crippen LogP contribution >= 0.6 is 11.8 Å². The van der Waals surface area contributed by atoms with Crippen LogP contribution in [-0.2, 0) is 13.1 Å². The summed E-state index contributed by atoms with van der Waals surface area (Å²) in [6.45, 7) is 5.50. The highest BCUT2D eigenvalue weighted by Crippen LogP contribution is 2.26. The molecule has 0 aliphatic heterocycles. The lowest BCUT2D eigenvalue weighted by Crippen LogP contribution is -2.16. The van der Waals surface area contributed by atoms with Crippen molar-refractivity contribution in [3.63, 3.8) is 0 Å². The number of benzene rings is 1. The number of aromatic nitrogens is 3. The van der Waals surface area contributed by atoms with Crippen molar-refractivity contribution in [2.45, 2.75) is 37.0 Å². The molecule has 6 heteroatoms. The average molecular weight is 278 g/mol. The Kier molecular flexibility index (Phi) is 4.44. The highest BCUT2D eigenvalue weighted by Gasteiger charge is 2.09. The second kappa shape index (κ2) is 6.08. The van der Waals surface area contributed by atoms with Crippen LogP contribution in [0, 0.1) is 6.92 Å². The molecule has 5 nitrogen and oxygen atoms in total. The van der Waals surface area contributed by atoms with E-state index < -0.39 is 0 Å². The summed E-state index contributed by atoms with van der Waals surface area (Å²) in [5.41, 5.74) is 2.36. The fourth-order valence-electron chi connectivity index (χ4n) is 1.89. The van der Waals surface area contributed by atoms with Crippen LogP contribution in [0.25, 0.3) is 0 Å². The lowest BCUT2D eigenvalue weighted by atomic mass is 10.1. The highest BCUT2D eigenvalue weighted by molar-refractivity contribution is 7.99. The summed E-state index contributed by atoms with van der Waals surface area (Å²) in [5, 5.41) is 10.4. The van der Waals surface area contributed by atoms with E-state index in [9.17, 15) is 4.79 Å². The minimum Gasteiger partial charge on any atom is -0.316 e. The second-order valence-corrected chi connectivity index (χ2v) is 5.32. The average Bonchev–Trinajstić information content (AvgIpc) is 2.73. The van der Waals surface area contributed by atoms with Crippen LogP contribution in [0.2, 0.25) is 0 Å². The number of aromatic amines is 1. The van der Waals surface area contributed by atoms with Gasteiger partial charge in [0.2, 0.25) is 0 Å². The Morgan fingerprint density at radius 2 is 2.26 bits per heavy atom. The van der Waals surface area contributed by atoms with Crippen LogP contribution in [0.5, 0.6) is 0 Å². The van der Waals surface area contributed by atoms with Crippen molar-refractivity contribution in [3.05, 3.63) is 39.8 Å². The van der Waals surface area contributed by atoms with Gasteiger partial charge in [-0.2, -0.15) is 0 Å². The molecule has 0 saturated carbocycles. The number of nitrogens with zero attached hydrogens (tertiary/aromatic N) is 2. The molecule has 0 aliphatic rings. The highest BCUT2D eigenvalue weighted by atomic mass is 32.2. The number of rotatable bonds is 5. The quantitative estimate of drug-likeness (QED) is 0.875. The summed E-state index contributed by atoms with van der Waals surface area (Å²) in [5.74, 6) is 0. The molecule has 0 saturated heterocycles. The van der Waals surface area contributed by atoms with Crippen molar-refractivity contribution in [1.29, 1.82) is 0 Å². The first-order chi connectivity index (χ1) is 9.15. The van der Waals surface area contributed by atoms with Gasteiger partial charge in [0.05, 0.1) is 0 Å². The first-order valence-corrected chi connectivity index (χ1v) is 7.04. The molecule has 19 heavy (non-hydrogen) atoms. The molecular weight excluding hydrogens is 260 g/mol. The fraction of sp³-hybridized carbons (Fsp3) is 0.385. The predicted molar refractivity (Wildman–Crippen MR) is 76.6 cm³/mol. The zero-order chi connectivity index (χ0) is 13.8. The van der Waals surface area contributed by atoms with E-state index >= 15 is 0 Å². The van der Waals surface area contributed by atoms with E-state index in [0.29, 0.717) is 11.7 Å². The van der Waals surface area contributed by atoms with Crippen molar-refractivity contribution < 1.29 is 0 Å². The Hall–Kier alpha value is -1.53. The van der Waals surface area contributed by atoms with E-state index in [-0.39, 0.29) is 5.69 Å². The maximum Gasteiger partial charge on any atom is 0.343 e. The minimum absolute atomic E-state index is 0.159. The van der Waals surface area contributed by atoms with E-state index in [1.165, 1.54) is 22.9 Å². The monoisotopic (exact) mass is 278 g/mol. The molecule has 0 amide bonds. The number of hydrogen-bond acceptors (Lipinski definition) is 4. The van der Waals surface area contributed by atoms with Crippen LogP contribution in [0.4, 0.5) is 0 Å². The fourth-order valence-corrected chi connectivity index (χ4v) is 2.88. The Labute approximate surface area is 116 Å². The molecule has 1 heterocycles. The van der Waals surface area contributed by atoms with E-state index in [4.69, 9.17) is 0 Å². The summed E-state index contributed by atoms with van der Waals surface area (Å²) in [4.78, 5) is 12.6. The molecule has 102 valence electrons. The molecule has 0 unspecified atom stereocenters. The van der Waals surface area contributed by atoms with Crippen LogP contribution in [-0.4, -0.2) is 21.8 Å². The van der Waals surface area contributed by atoms with Crippen molar-refractivity contribution in [2.75, 3.05) is 7.05 Å². The van der Waals surface area contributed by atoms with Crippen molar-refractivity contribution in [3.8, 4) is 0 Å². The maximum absolute atomic E-state index is 11.5. The lowest BCUT2D eigenvalue weighted by molar-refractivity contribution is 0.660. The predicted octanol–water partition coefficient (Wildman–Crippen LogP) is 1.77. The molecule has 0 atom stereocenters. The molecule has 2 N–H and O–H groups in total. The summed E-state index contributed by atoms with van der Waals surface area (Å²) in [6, 6.07) is 6.29. The van der Waals surface area contributed by atoms with Gasteiger partial charge >= 0.3 is 5.69 Å². The number of H-pyrrole nitrogens is 1. The third kappa shape index (κ3) is 3.08. The Morgan fingerprint density at radius 3 is 2.89 bits per heavy atom. The molecule has 0 aliphatic carbocycles. The Morgan fingerprint density at radius 1 is 1.47 bits per heavy atom. The third-order valence-electron chi connectivity index (χ3n) is 2.93. The van der Waals surface area contributed by atoms with Crippen LogP contribution in [0.1, 0.15) is 18.1 Å². The van der Waals surface area contributed by atoms with E-state index in [1.807, 2.05) is 14.0 Å². The number of nitrogens with one attached hydrogen (secondary N) is 2. The zero-order valence-electron chi connectivity index (χ0n) is 11.4. The van der Waals surface area contributed by atoms with Gasteiger partial charge in [0, 0.05) is 18.0 Å². The molecule has 2 aromatic rings. The molecule has 1 aromatic heterocycles. The van der Waals surface area contributed by atoms with Gasteiger partial charge in [-0.1, -0.05) is 6.07 Å². The smallest absolute Gasteiger partial charge is 0.316 e. The summed E-state index contributed by atoms with van der Waals surface area (Å²) < 4.78 is 1.63. The van der Waals surface area contributed by atoms with Gasteiger partial charge in [-0.25, -0.2) is 9.89 Å². The van der Waals surface area contributed by atoms with Gasteiger partial charge in [-0.05, 0) is 55.9 Å². The molecule has 1 aromatic carbocycles. The normalized spacial score (nSPS) is 10.9. The number of aryl methyl sites for hydroxylation is 1. The van der Waals surface area contributed by atoms with E-state index in [0.717, 1.165) is 11.4 Å². The van der Waals surface area contributed by atoms with Gasteiger partial charge < -0.3 is 5.32 Å². The molecule has 0 bridgehead atoms. The SMILES string of the molecule is CCn1c(Sc2ccc(CNC)c(C)c2)n[nH]c1=O. The van der Waals surface area contributed by atoms with E-state index in [2.05, 4.69) is 40.6 Å². The summed E-state index contributed by atoms with van der Waals surface area (Å²) >= 11 is 1.50. The first-order valence-electron chi connectivity index (χ1n) is 6.23. The van der Waals surface area contributed by atoms with Crippen molar-refractivity contribution in [1.82, 2.24) is 20.1 Å². The number of hydrogen-bond donors (Lipinski definition) is 2. The van der Waals surface area contributed by atoms with Crippen LogP contribution in [0.3, 0.4) is 0 Å². The molecule has 2 rings (SSSR count). The van der Waals surface area contributed by atoms with Gasteiger partial charge in [-0.3, -0.25) is 4.57 Å². The second-order valence-electron chi connectivity index (χ2n) is 4.28. The summed E-state index contributed by atoms with van der Waals surface area (Å²) in [6.07, 6.45) is 0. The van der Waals surface area contributed by atoms with Gasteiger partial charge in [0.15, 0.2) is 5.16 Å². The zero-order valence-corrected chi connectivity index (χ0v) is 12.2. The third-order valence-corrected chi connectivity index (χ3v) is 3.91. The first kappa shape index (κ1) is 13.9. The van der Waals surface area contributed by atoms with Gasteiger partial charge in [0.25, 0.3) is 0 Å². The van der Waals surface area contributed by atoms with Gasteiger partial charge in [0.1, 0.15) is 0 Å². The summed E-state index contributed by atoms with van der Waals surface area (Å²) in [7, 11) is 1.94. The molecule has 0 fully saturated rings. The van der Waals surface area contributed by atoms with Crippen molar-refractivity contribution >= 4 is 11.8 Å². The molecule has 0 spiro atoms. The van der Waals surface area contributed by atoms with Crippen LogP contribution < -0.4 is 11.0 Å². The molecule has 0 radical (unpaired) electrons.